The van der Waals surface area contributed by atoms with Crippen LogP contribution in [0.25, 0.3) is 0 Å². The summed E-state index contributed by atoms with van der Waals surface area (Å²) < 4.78 is 0. The van der Waals surface area contributed by atoms with E-state index in [0.717, 1.165) is 0 Å². The number of rotatable bonds is 3. The zero-order valence-electron chi connectivity index (χ0n) is 9.50. The van der Waals surface area contributed by atoms with E-state index in [4.69, 9.17) is 11.6 Å². The van der Waals surface area contributed by atoms with Crippen LogP contribution in [0.2, 0.25) is 5.02 Å². The molecule has 19 heavy (non-hydrogen) atoms. The van der Waals surface area contributed by atoms with Crippen LogP contribution in [0, 0.1) is 0 Å². The maximum atomic E-state index is 11.9. The molecule has 6 nitrogen and oxygen atoms in total. The highest BCUT2D eigenvalue weighted by Crippen LogP contribution is 2.31. The van der Waals surface area contributed by atoms with Crippen LogP contribution in [0.15, 0.2) is 41.8 Å². The number of hydrogen-bond acceptors (Lipinski definition) is 5. The molecule has 0 spiro atoms. The Bertz CT molecular complexity index is 654. The molecule has 0 aliphatic heterocycles. The van der Waals surface area contributed by atoms with Crippen molar-refractivity contribution in [2.45, 2.75) is 0 Å². The molecule has 0 aliphatic rings. The quantitative estimate of drug-likeness (QED) is 0.688. The Morgan fingerprint density at radius 1 is 1.37 bits per heavy atom. The van der Waals surface area contributed by atoms with Gasteiger partial charge in [-0.15, -0.1) is 0 Å². The van der Waals surface area contributed by atoms with Crippen molar-refractivity contribution in [3.05, 3.63) is 47.5 Å². The van der Waals surface area contributed by atoms with E-state index in [-0.39, 0.29) is 16.4 Å². The van der Waals surface area contributed by atoms with Crippen LogP contribution >= 0.6 is 11.6 Å². The molecule has 1 N–H and O–H groups in total. The van der Waals surface area contributed by atoms with E-state index in [1.807, 2.05) is 0 Å². The van der Waals surface area contributed by atoms with Crippen molar-refractivity contribution in [3.8, 4) is 0 Å². The third-order valence-corrected chi connectivity index (χ3v) is 2.60. The van der Waals surface area contributed by atoms with E-state index >= 15 is 0 Å². The summed E-state index contributed by atoms with van der Waals surface area (Å²) in [6, 6.07) is 6.20. The summed E-state index contributed by atoms with van der Waals surface area (Å²) in [6.07, 6.45) is 4.12. The van der Waals surface area contributed by atoms with Gasteiger partial charge in [-0.25, -0.2) is 14.8 Å². The SMILES string of the molecule is O=C=Nc1cccc(NC(=O)c2ccncn2)c1Cl. The smallest absolute Gasteiger partial charge is 0.274 e. The number of carbonyl (C=O) groups excluding carboxylic acids is 2. The summed E-state index contributed by atoms with van der Waals surface area (Å²) in [5.74, 6) is -0.434. The summed E-state index contributed by atoms with van der Waals surface area (Å²) >= 11 is 6.00. The Labute approximate surface area is 113 Å². The first-order valence-electron chi connectivity index (χ1n) is 5.16. The number of amides is 1. The number of hydrogen-bond donors (Lipinski definition) is 1. The number of aromatic nitrogens is 2. The van der Waals surface area contributed by atoms with Crippen LogP contribution in [0.3, 0.4) is 0 Å². The predicted octanol–water partition coefficient (Wildman–Crippen LogP) is 2.35. The van der Waals surface area contributed by atoms with Crippen molar-refractivity contribution < 1.29 is 9.59 Å². The monoisotopic (exact) mass is 274 g/mol. The molecule has 2 aromatic rings. The molecule has 2 rings (SSSR count). The van der Waals surface area contributed by atoms with Gasteiger partial charge < -0.3 is 5.32 Å². The molecule has 0 aliphatic carbocycles. The lowest BCUT2D eigenvalue weighted by Gasteiger charge is -2.07. The predicted molar refractivity (Wildman–Crippen MR) is 69.2 cm³/mol. The second-order valence-corrected chi connectivity index (χ2v) is 3.77. The van der Waals surface area contributed by atoms with Crippen LogP contribution in [0.5, 0.6) is 0 Å². The van der Waals surface area contributed by atoms with Gasteiger partial charge in [-0.3, -0.25) is 4.79 Å². The zero-order chi connectivity index (χ0) is 13.7. The van der Waals surface area contributed by atoms with Crippen molar-refractivity contribution in [2.24, 2.45) is 4.99 Å². The fourth-order valence-electron chi connectivity index (χ4n) is 1.36. The van der Waals surface area contributed by atoms with Gasteiger partial charge in [-0.05, 0) is 18.2 Å². The zero-order valence-corrected chi connectivity index (χ0v) is 10.3. The second-order valence-electron chi connectivity index (χ2n) is 3.39. The summed E-state index contributed by atoms with van der Waals surface area (Å²) in [5.41, 5.74) is 0.772. The van der Waals surface area contributed by atoms with Crippen LogP contribution in [-0.2, 0) is 4.79 Å². The lowest BCUT2D eigenvalue weighted by molar-refractivity contribution is 0.102. The second kappa shape index (κ2) is 5.86. The molecule has 1 aromatic heterocycles. The largest absolute Gasteiger partial charge is 0.319 e. The van der Waals surface area contributed by atoms with E-state index in [0.29, 0.717) is 5.69 Å². The minimum Gasteiger partial charge on any atom is -0.319 e. The van der Waals surface area contributed by atoms with Crippen LogP contribution < -0.4 is 5.32 Å². The van der Waals surface area contributed by atoms with Gasteiger partial charge >= 0.3 is 0 Å². The highest BCUT2D eigenvalue weighted by Gasteiger charge is 2.11. The summed E-state index contributed by atoms with van der Waals surface area (Å²) in [4.78, 5) is 33.1. The molecular weight excluding hydrogens is 268 g/mol. The average molecular weight is 275 g/mol. The molecule has 94 valence electrons. The highest BCUT2D eigenvalue weighted by molar-refractivity contribution is 6.36. The van der Waals surface area contributed by atoms with E-state index in [1.165, 1.54) is 30.7 Å². The fourth-order valence-corrected chi connectivity index (χ4v) is 1.58. The molecule has 0 fully saturated rings. The molecular formula is C12H7ClN4O2. The van der Waals surface area contributed by atoms with E-state index < -0.39 is 5.91 Å². The van der Waals surface area contributed by atoms with E-state index in [1.54, 1.807) is 12.1 Å². The minimum atomic E-state index is -0.434. The van der Waals surface area contributed by atoms with E-state index in [9.17, 15) is 9.59 Å². The van der Waals surface area contributed by atoms with Gasteiger partial charge in [-0.1, -0.05) is 17.7 Å². The van der Waals surface area contributed by atoms with Crippen LogP contribution in [0.1, 0.15) is 10.5 Å². The van der Waals surface area contributed by atoms with Crippen molar-refractivity contribution in [2.75, 3.05) is 5.32 Å². The molecule has 0 saturated heterocycles. The number of benzene rings is 1. The standard InChI is InChI=1S/C12H7ClN4O2/c13-11-8(16-7-18)2-1-3-9(11)17-12(19)10-4-5-14-6-15-10/h1-6H,(H,17,19). The first-order valence-corrected chi connectivity index (χ1v) is 5.54. The molecule has 1 aromatic carbocycles. The molecule has 0 unspecified atom stereocenters. The maximum Gasteiger partial charge on any atom is 0.274 e. The Balaban J connectivity index is 2.27. The molecule has 1 amide bonds. The Kier molecular flexibility index (Phi) is 3.97. The molecule has 0 bridgehead atoms. The average Bonchev–Trinajstić information content (AvgIpc) is 2.44. The number of isocyanates is 1. The van der Waals surface area contributed by atoms with Crippen molar-refractivity contribution >= 4 is 35.0 Å². The first-order chi connectivity index (χ1) is 9.22. The number of nitrogens with one attached hydrogen (secondary N) is 1. The minimum absolute atomic E-state index is 0.160. The Hall–Kier alpha value is -2.56. The number of nitrogens with zero attached hydrogens (tertiary/aromatic N) is 3. The molecule has 7 heteroatoms. The summed E-state index contributed by atoms with van der Waals surface area (Å²) in [7, 11) is 0. The lowest BCUT2D eigenvalue weighted by atomic mass is 10.2. The van der Waals surface area contributed by atoms with Crippen molar-refractivity contribution in [3.63, 3.8) is 0 Å². The third-order valence-electron chi connectivity index (χ3n) is 2.21. The molecule has 0 radical (unpaired) electrons. The third kappa shape index (κ3) is 3.01. The van der Waals surface area contributed by atoms with Crippen LogP contribution in [-0.4, -0.2) is 22.0 Å². The van der Waals surface area contributed by atoms with Gasteiger partial charge in [0.2, 0.25) is 6.08 Å². The topological polar surface area (TPSA) is 84.3 Å². The van der Waals surface area contributed by atoms with Gasteiger partial charge in [0.25, 0.3) is 5.91 Å². The summed E-state index contributed by atoms with van der Waals surface area (Å²) in [5, 5.41) is 2.73. The van der Waals surface area contributed by atoms with Gasteiger partial charge in [0.1, 0.15) is 12.0 Å². The molecule has 0 saturated carbocycles. The van der Waals surface area contributed by atoms with Gasteiger partial charge in [-0.2, -0.15) is 4.99 Å². The maximum absolute atomic E-state index is 11.9. The van der Waals surface area contributed by atoms with Gasteiger partial charge in [0, 0.05) is 6.20 Å². The normalized spacial score (nSPS) is 9.53. The molecule has 0 atom stereocenters. The highest BCUT2D eigenvalue weighted by atomic mass is 35.5. The Morgan fingerprint density at radius 2 is 2.21 bits per heavy atom. The molecule has 1 heterocycles. The first kappa shape index (κ1) is 12.9. The lowest BCUT2D eigenvalue weighted by Crippen LogP contribution is -2.13. The fraction of sp³-hybridized carbons (Fsp3) is 0. The Morgan fingerprint density at radius 3 is 2.89 bits per heavy atom. The number of aliphatic imine (C=N–C) groups is 1. The summed E-state index contributed by atoms with van der Waals surface area (Å²) in [6.45, 7) is 0. The van der Waals surface area contributed by atoms with Gasteiger partial charge in [0.15, 0.2) is 0 Å². The van der Waals surface area contributed by atoms with Crippen LogP contribution in [0.4, 0.5) is 11.4 Å². The van der Waals surface area contributed by atoms with Gasteiger partial charge in [0.05, 0.1) is 16.4 Å². The number of halogens is 1. The van der Waals surface area contributed by atoms with Crippen molar-refractivity contribution in [1.29, 1.82) is 0 Å². The number of anilines is 1. The number of carbonyl (C=O) groups is 1. The van der Waals surface area contributed by atoms with Crippen molar-refractivity contribution in [1.82, 2.24) is 9.97 Å². The van der Waals surface area contributed by atoms with E-state index in [2.05, 4.69) is 20.3 Å².